The van der Waals surface area contributed by atoms with Crippen LogP contribution in [0.2, 0.25) is 0 Å². The maximum atomic E-state index is 13.8. The molecule has 0 bridgehead atoms. The fourth-order valence-electron chi connectivity index (χ4n) is 3.05. The molecule has 1 atom stereocenters. The molecule has 0 aromatic heterocycles. The number of esters is 1. The molecule has 0 spiro atoms. The summed E-state index contributed by atoms with van der Waals surface area (Å²) in [7, 11) is 0. The van der Waals surface area contributed by atoms with E-state index in [1.54, 1.807) is 0 Å². The van der Waals surface area contributed by atoms with Crippen molar-refractivity contribution < 1.29 is 18.3 Å². The summed E-state index contributed by atoms with van der Waals surface area (Å²) in [6.07, 6.45) is 3.29. The van der Waals surface area contributed by atoms with Crippen molar-refractivity contribution in [3.05, 3.63) is 35.4 Å². The Balaban J connectivity index is 1.86. The molecule has 0 amide bonds. The maximum Gasteiger partial charge on any atom is 0.308 e. The predicted molar refractivity (Wildman–Crippen MR) is 80.3 cm³/mol. The smallest absolute Gasteiger partial charge is 0.308 e. The second-order valence-corrected chi connectivity index (χ2v) is 5.85. The molecule has 1 fully saturated rings. The summed E-state index contributed by atoms with van der Waals surface area (Å²) in [6, 6.07) is 3.71. The average molecular weight is 311 g/mol. The van der Waals surface area contributed by atoms with Crippen LogP contribution in [-0.4, -0.2) is 18.6 Å². The van der Waals surface area contributed by atoms with Crippen LogP contribution in [0, 0.1) is 17.6 Å². The minimum atomic E-state index is -0.566. The molecule has 0 radical (unpaired) electrons. The van der Waals surface area contributed by atoms with Gasteiger partial charge in [-0.25, -0.2) is 8.78 Å². The first kappa shape index (κ1) is 16.9. The highest BCUT2D eigenvalue weighted by Crippen LogP contribution is 2.27. The Bertz CT molecular complexity index is 513. The fraction of sp³-hybridized carbons (Fsp3) is 0.588. The zero-order valence-corrected chi connectivity index (χ0v) is 13.1. The van der Waals surface area contributed by atoms with Crippen LogP contribution in [0.5, 0.6) is 0 Å². The van der Waals surface area contributed by atoms with Gasteiger partial charge in [0.05, 0.1) is 12.5 Å². The lowest BCUT2D eigenvalue weighted by atomic mass is 9.85. The number of carbonyl (C=O) groups excluding carboxylic acids is 1. The third-order valence-corrected chi connectivity index (χ3v) is 4.26. The monoisotopic (exact) mass is 311 g/mol. The van der Waals surface area contributed by atoms with Crippen LogP contribution in [-0.2, 0) is 9.53 Å². The third kappa shape index (κ3) is 4.26. The zero-order chi connectivity index (χ0) is 16.1. The summed E-state index contributed by atoms with van der Waals surface area (Å²) in [5, 5.41) is 3.37. The predicted octanol–water partition coefficient (Wildman–Crippen LogP) is 3.74. The van der Waals surface area contributed by atoms with E-state index in [0.717, 1.165) is 31.7 Å². The minimum Gasteiger partial charge on any atom is -0.466 e. The van der Waals surface area contributed by atoms with Crippen LogP contribution in [0.25, 0.3) is 0 Å². The van der Waals surface area contributed by atoms with Crippen LogP contribution in [0.1, 0.15) is 51.1 Å². The number of halogens is 2. The molecule has 2 rings (SSSR count). The summed E-state index contributed by atoms with van der Waals surface area (Å²) in [6.45, 7) is 4.09. The van der Waals surface area contributed by atoms with Crippen molar-refractivity contribution in [1.29, 1.82) is 0 Å². The summed E-state index contributed by atoms with van der Waals surface area (Å²) < 4.78 is 31.8. The quantitative estimate of drug-likeness (QED) is 0.842. The molecule has 1 aromatic rings. The zero-order valence-electron chi connectivity index (χ0n) is 13.1. The van der Waals surface area contributed by atoms with E-state index in [1.807, 2.05) is 13.8 Å². The van der Waals surface area contributed by atoms with E-state index in [1.165, 1.54) is 12.1 Å². The Morgan fingerprint density at radius 1 is 1.32 bits per heavy atom. The van der Waals surface area contributed by atoms with Crippen molar-refractivity contribution in [2.45, 2.75) is 51.6 Å². The number of nitrogens with one attached hydrogen (secondary N) is 1. The van der Waals surface area contributed by atoms with E-state index in [4.69, 9.17) is 4.74 Å². The number of rotatable bonds is 5. The molecule has 0 heterocycles. The highest BCUT2D eigenvalue weighted by Gasteiger charge is 2.28. The number of hydrogen-bond donors (Lipinski definition) is 1. The molecule has 1 saturated carbocycles. The van der Waals surface area contributed by atoms with E-state index in [2.05, 4.69) is 5.32 Å². The van der Waals surface area contributed by atoms with Gasteiger partial charge in [-0.3, -0.25) is 4.79 Å². The van der Waals surface area contributed by atoms with Crippen LogP contribution in [0.3, 0.4) is 0 Å². The van der Waals surface area contributed by atoms with Crippen molar-refractivity contribution in [3.63, 3.8) is 0 Å². The van der Waals surface area contributed by atoms with Gasteiger partial charge in [-0.1, -0.05) is 6.07 Å². The maximum absolute atomic E-state index is 13.8. The summed E-state index contributed by atoms with van der Waals surface area (Å²) >= 11 is 0. The first-order chi connectivity index (χ1) is 10.5. The van der Waals surface area contributed by atoms with Crippen molar-refractivity contribution in [2.24, 2.45) is 5.92 Å². The van der Waals surface area contributed by atoms with Crippen molar-refractivity contribution >= 4 is 5.97 Å². The molecule has 1 aromatic carbocycles. The van der Waals surface area contributed by atoms with Gasteiger partial charge in [0.1, 0.15) is 11.6 Å². The molecular formula is C17H23F2NO2. The summed E-state index contributed by atoms with van der Waals surface area (Å²) in [5.41, 5.74) is 0.467. The van der Waals surface area contributed by atoms with Gasteiger partial charge in [-0.15, -0.1) is 0 Å². The van der Waals surface area contributed by atoms with Gasteiger partial charge in [0.2, 0.25) is 0 Å². The summed E-state index contributed by atoms with van der Waals surface area (Å²) in [4.78, 5) is 11.7. The molecule has 122 valence electrons. The third-order valence-electron chi connectivity index (χ3n) is 4.26. The van der Waals surface area contributed by atoms with E-state index in [0.29, 0.717) is 12.2 Å². The molecule has 0 saturated heterocycles. The molecule has 5 heteroatoms. The molecule has 22 heavy (non-hydrogen) atoms. The van der Waals surface area contributed by atoms with Gasteiger partial charge >= 0.3 is 5.97 Å². The lowest BCUT2D eigenvalue weighted by molar-refractivity contribution is -0.149. The van der Waals surface area contributed by atoms with Crippen molar-refractivity contribution in [2.75, 3.05) is 6.61 Å². The first-order valence-corrected chi connectivity index (χ1v) is 7.89. The first-order valence-electron chi connectivity index (χ1n) is 7.89. The van der Waals surface area contributed by atoms with Gasteiger partial charge in [0.25, 0.3) is 0 Å². The van der Waals surface area contributed by atoms with Gasteiger partial charge in [-0.05, 0) is 45.6 Å². The largest absolute Gasteiger partial charge is 0.466 e. The number of hydrogen-bond acceptors (Lipinski definition) is 3. The molecule has 1 aliphatic carbocycles. The van der Waals surface area contributed by atoms with E-state index in [-0.39, 0.29) is 24.0 Å². The summed E-state index contributed by atoms with van der Waals surface area (Å²) in [5.74, 6) is -1.22. The molecule has 3 nitrogen and oxygen atoms in total. The Labute approximate surface area is 130 Å². The number of benzene rings is 1. The molecule has 1 aliphatic rings. The molecule has 1 unspecified atom stereocenters. The lowest BCUT2D eigenvalue weighted by Gasteiger charge is -2.30. The fourth-order valence-corrected chi connectivity index (χ4v) is 3.05. The molecule has 0 aliphatic heterocycles. The van der Waals surface area contributed by atoms with Crippen LogP contribution in [0.4, 0.5) is 8.78 Å². The SMILES string of the molecule is CCOC(=O)C1CCC(NC(C)c2ccc(F)cc2F)CC1. The molecule has 1 N–H and O–H groups in total. The van der Waals surface area contributed by atoms with Gasteiger partial charge in [0, 0.05) is 23.7 Å². The van der Waals surface area contributed by atoms with E-state index in [9.17, 15) is 13.6 Å². The van der Waals surface area contributed by atoms with Crippen molar-refractivity contribution in [3.8, 4) is 0 Å². The van der Waals surface area contributed by atoms with Crippen molar-refractivity contribution in [1.82, 2.24) is 5.32 Å². The van der Waals surface area contributed by atoms with Gasteiger partial charge < -0.3 is 10.1 Å². The molecular weight excluding hydrogens is 288 g/mol. The van der Waals surface area contributed by atoms with E-state index < -0.39 is 11.6 Å². The Kier molecular flexibility index (Phi) is 5.89. The lowest BCUT2D eigenvalue weighted by Crippen LogP contribution is -2.37. The van der Waals surface area contributed by atoms with Crippen LogP contribution >= 0.6 is 0 Å². The Hall–Kier alpha value is -1.49. The highest BCUT2D eigenvalue weighted by molar-refractivity contribution is 5.72. The second-order valence-electron chi connectivity index (χ2n) is 5.85. The normalized spacial score (nSPS) is 23.1. The van der Waals surface area contributed by atoms with Gasteiger partial charge in [-0.2, -0.15) is 0 Å². The average Bonchev–Trinajstić information content (AvgIpc) is 2.48. The minimum absolute atomic E-state index is 0.0177. The van der Waals surface area contributed by atoms with Crippen LogP contribution in [0.15, 0.2) is 18.2 Å². The highest BCUT2D eigenvalue weighted by atomic mass is 19.1. The Morgan fingerprint density at radius 3 is 2.59 bits per heavy atom. The van der Waals surface area contributed by atoms with Gasteiger partial charge in [0.15, 0.2) is 0 Å². The topological polar surface area (TPSA) is 38.3 Å². The van der Waals surface area contributed by atoms with Crippen LogP contribution < -0.4 is 5.32 Å². The number of carbonyl (C=O) groups is 1. The Morgan fingerprint density at radius 2 is 2.00 bits per heavy atom. The number of ether oxygens (including phenoxy) is 1. The standard InChI is InChI=1S/C17H23F2NO2/c1-3-22-17(21)12-4-7-14(8-5-12)20-11(2)15-9-6-13(18)10-16(15)19/h6,9-12,14,20H,3-5,7-8H2,1-2H3. The second kappa shape index (κ2) is 7.68. The van der Waals surface area contributed by atoms with E-state index >= 15 is 0 Å².